The van der Waals surface area contributed by atoms with E-state index in [4.69, 9.17) is 9.47 Å². The van der Waals surface area contributed by atoms with E-state index in [2.05, 4.69) is 4.98 Å². The SMILES string of the molecule is O=C(Cn1cc([C@@H]2O[C@H](CO)[C@@H](O)[C@H]2O)c(=O)[nH]c1=O)OCC1c2ccccc2-c2ccccc21. The van der Waals surface area contributed by atoms with E-state index >= 15 is 0 Å². The van der Waals surface area contributed by atoms with Gasteiger partial charge >= 0.3 is 11.7 Å². The molecule has 0 unspecified atom stereocenters. The maximum absolute atomic E-state index is 12.7. The third kappa shape index (κ3) is 4.10. The molecule has 1 aromatic heterocycles. The molecule has 1 saturated heterocycles. The van der Waals surface area contributed by atoms with Crippen molar-refractivity contribution in [3.05, 3.63) is 92.3 Å². The topological polar surface area (TPSA) is 151 Å². The van der Waals surface area contributed by atoms with Crippen LogP contribution in [0.3, 0.4) is 0 Å². The van der Waals surface area contributed by atoms with Crippen molar-refractivity contribution in [2.75, 3.05) is 13.2 Å². The average molecular weight is 480 g/mol. The summed E-state index contributed by atoms with van der Waals surface area (Å²) in [6.07, 6.45) is -4.17. The minimum atomic E-state index is -1.49. The number of H-pyrrole nitrogens is 1. The molecule has 0 saturated carbocycles. The lowest BCUT2D eigenvalue weighted by Gasteiger charge is -2.16. The average Bonchev–Trinajstić information content (AvgIpc) is 3.33. The molecule has 1 aliphatic carbocycles. The zero-order valence-electron chi connectivity index (χ0n) is 18.5. The molecule has 5 rings (SSSR count). The van der Waals surface area contributed by atoms with E-state index in [0.717, 1.165) is 33.0 Å². The summed E-state index contributed by atoms with van der Waals surface area (Å²) in [5.41, 5.74) is 2.46. The zero-order valence-corrected chi connectivity index (χ0v) is 18.5. The highest BCUT2D eigenvalue weighted by atomic mass is 16.6. The Balaban J connectivity index is 1.33. The number of fused-ring (bicyclic) bond motifs is 3. The number of hydrogen-bond acceptors (Lipinski definition) is 8. The number of carbonyl (C=O) groups is 1. The van der Waals surface area contributed by atoms with E-state index < -0.39 is 54.8 Å². The lowest BCUT2D eigenvalue weighted by molar-refractivity contribution is -0.144. The van der Waals surface area contributed by atoms with Crippen molar-refractivity contribution in [1.29, 1.82) is 0 Å². The molecule has 4 N–H and O–H groups in total. The number of aromatic nitrogens is 2. The van der Waals surface area contributed by atoms with E-state index in [1.807, 2.05) is 48.5 Å². The van der Waals surface area contributed by atoms with E-state index in [9.17, 15) is 29.7 Å². The van der Waals surface area contributed by atoms with Crippen LogP contribution in [0.4, 0.5) is 0 Å². The minimum Gasteiger partial charge on any atom is -0.463 e. The highest BCUT2D eigenvalue weighted by Gasteiger charge is 2.44. The van der Waals surface area contributed by atoms with Gasteiger partial charge in [0.05, 0.1) is 12.2 Å². The van der Waals surface area contributed by atoms with Gasteiger partial charge in [-0.3, -0.25) is 19.1 Å². The van der Waals surface area contributed by atoms with E-state index in [1.165, 1.54) is 0 Å². The molecule has 0 amide bonds. The number of rotatable bonds is 6. The molecular weight excluding hydrogens is 456 g/mol. The molecule has 2 heterocycles. The van der Waals surface area contributed by atoms with E-state index in [0.29, 0.717) is 0 Å². The third-order valence-electron chi connectivity index (χ3n) is 6.56. The van der Waals surface area contributed by atoms with Crippen LogP contribution in [0.2, 0.25) is 0 Å². The standard InChI is InChI=1S/C25H24N2O8/c28-11-19-21(30)22(31)23(35-19)17-9-27(25(33)26-24(17)32)10-20(29)34-12-18-15-7-3-1-5-13(15)14-6-2-4-8-16(14)18/h1-9,18-19,21-23,28,30-31H,10-12H2,(H,26,32,33)/t19-,21-,22-,23+/m1/s1. The molecule has 1 aliphatic heterocycles. The van der Waals surface area contributed by atoms with Gasteiger partial charge in [0.25, 0.3) is 5.56 Å². The molecule has 10 nitrogen and oxygen atoms in total. The molecule has 4 atom stereocenters. The summed E-state index contributed by atoms with van der Waals surface area (Å²) >= 11 is 0. The molecule has 0 radical (unpaired) electrons. The predicted molar refractivity (Wildman–Crippen MR) is 123 cm³/mol. The molecule has 2 aromatic carbocycles. The first-order valence-corrected chi connectivity index (χ1v) is 11.2. The summed E-state index contributed by atoms with van der Waals surface area (Å²) in [4.78, 5) is 39.4. The first-order valence-electron chi connectivity index (χ1n) is 11.2. The van der Waals surface area contributed by atoms with Crippen LogP contribution in [0, 0.1) is 0 Å². The Kier molecular flexibility index (Phi) is 6.12. The van der Waals surface area contributed by atoms with Gasteiger partial charge in [-0.25, -0.2) is 4.79 Å². The second kappa shape index (κ2) is 9.23. The van der Waals surface area contributed by atoms with Crippen LogP contribution < -0.4 is 11.2 Å². The number of aliphatic hydroxyl groups is 3. The number of nitrogens with one attached hydrogen (secondary N) is 1. The van der Waals surface area contributed by atoms with Crippen LogP contribution in [0.15, 0.2) is 64.3 Å². The van der Waals surface area contributed by atoms with Crippen LogP contribution >= 0.6 is 0 Å². The summed E-state index contributed by atoms with van der Waals surface area (Å²) in [5.74, 6) is -0.832. The molecule has 182 valence electrons. The van der Waals surface area contributed by atoms with Crippen molar-refractivity contribution in [3.8, 4) is 11.1 Å². The van der Waals surface area contributed by atoms with Gasteiger partial charge in [0.15, 0.2) is 0 Å². The molecule has 0 spiro atoms. The molecule has 1 fully saturated rings. The lowest BCUT2D eigenvalue weighted by Crippen LogP contribution is -2.37. The van der Waals surface area contributed by atoms with Gasteiger partial charge in [-0.2, -0.15) is 0 Å². The highest BCUT2D eigenvalue weighted by Crippen LogP contribution is 2.44. The predicted octanol–water partition coefficient (Wildman–Crippen LogP) is 0.0463. The van der Waals surface area contributed by atoms with Crippen LogP contribution in [-0.2, 0) is 20.8 Å². The Labute approximate surface area is 199 Å². The summed E-state index contributed by atoms with van der Waals surface area (Å²) < 4.78 is 11.9. The van der Waals surface area contributed by atoms with Crippen molar-refractivity contribution in [2.24, 2.45) is 0 Å². The molecule has 35 heavy (non-hydrogen) atoms. The number of benzene rings is 2. The summed E-state index contributed by atoms with van der Waals surface area (Å²) in [6.45, 7) is -0.966. The van der Waals surface area contributed by atoms with Crippen molar-refractivity contribution in [3.63, 3.8) is 0 Å². The van der Waals surface area contributed by atoms with Crippen LogP contribution in [0.5, 0.6) is 0 Å². The number of esters is 1. The maximum Gasteiger partial charge on any atom is 0.328 e. The van der Waals surface area contributed by atoms with Gasteiger partial charge in [0.2, 0.25) is 0 Å². The Hall–Kier alpha value is -3.57. The van der Waals surface area contributed by atoms with Crippen molar-refractivity contribution >= 4 is 5.97 Å². The van der Waals surface area contributed by atoms with Gasteiger partial charge in [-0.05, 0) is 22.3 Å². The van der Waals surface area contributed by atoms with Crippen molar-refractivity contribution in [1.82, 2.24) is 9.55 Å². The number of hydrogen-bond donors (Lipinski definition) is 4. The Morgan fingerprint density at radius 1 is 0.971 bits per heavy atom. The minimum absolute atomic E-state index is 0.0760. The number of aliphatic hydroxyl groups excluding tert-OH is 3. The quantitative estimate of drug-likeness (QED) is 0.361. The van der Waals surface area contributed by atoms with Gasteiger partial charge in [0, 0.05) is 12.1 Å². The van der Waals surface area contributed by atoms with Gasteiger partial charge in [-0.1, -0.05) is 48.5 Å². The van der Waals surface area contributed by atoms with E-state index in [1.54, 1.807) is 0 Å². The zero-order chi connectivity index (χ0) is 24.7. The summed E-state index contributed by atoms with van der Waals surface area (Å²) in [7, 11) is 0. The van der Waals surface area contributed by atoms with Crippen molar-refractivity contribution < 1.29 is 29.6 Å². The van der Waals surface area contributed by atoms with Gasteiger partial charge in [0.1, 0.15) is 37.6 Å². The summed E-state index contributed by atoms with van der Waals surface area (Å²) in [5, 5.41) is 29.5. The number of carbonyl (C=O) groups excluding carboxylic acids is 1. The molecule has 10 heteroatoms. The Morgan fingerprint density at radius 3 is 2.20 bits per heavy atom. The van der Waals surface area contributed by atoms with Gasteiger partial charge in [-0.15, -0.1) is 0 Å². The Morgan fingerprint density at radius 2 is 1.60 bits per heavy atom. The maximum atomic E-state index is 12.7. The fraction of sp³-hybridized carbons (Fsp3) is 0.320. The third-order valence-corrected chi connectivity index (χ3v) is 6.56. The van der Waals surface area contributed by atoms with Crippen LogP contribution in [0.1, 0.15) is 28.7 Å². The van der Waals surface area contributed by atoms with Gasteiger partial charge < -0.3 is 24.8 Å². The largest absolute Gasteiger partial charge is 0.463 e. The number of nitrogens with zero attached hydrogens (tertiary/aromatic N) is 1. The lowest BCUT2D eigenvalue weighted by atomic mass is 9.98. The second-order valence-electron chi connectivity index (χ2n) is 8.64. The first-order chi connectivity index (χ1) is 16.9. The molecular formula is C25H24N2O8. The van der Waals surface area contributed by atoms with Crippen LogP contribution in [0.25, 0.3) is 11.1 Å². The number of ether oxygens (including phenoxy) is 2. The fourth-order valence-electron chi connectivity index (χ4n) is 4.80. The fourth-order valence-corrected chi connectivity index (χ4v) is 4.80. The normalized spacial score (nSPS) is 23.2. The smallest absolute Gasteiger partial charge is 0.328 e. The monoisotopic (exact) mass is 480 g/mol. The number of aromatic amines is 1. The summed E-state index contributed by atoms with van der Waals surface area (Å²) in [6, 6.07) is 15.8. The Bertz CT molecular complexity index is 1330. The highest BCUT2D eigenvalue weighted by molar-refractivity contribution is 5.79. The van der Waals surface area contributed by atoms with Crippen molar-refractivity contribution in [2.45, 2.75) is 36.9 Å². The molecule has 3 aromatic rings. The van der Waals surface area contributed by atoms with Crippen LogP contribution in [-0.4, -0.2) is 62.4 Å². The molecule has 0 bridgehead atoms. The van der Waals surface area contributed by atoms with E-state index in [-0.39, 0.29) is 18.1 Å². The first kappa shape index (κ1) is 23.2. The second-order valence-corrected chi connectivity index (χ2v) is 8.64. The molecule has 2 aliphatic rings.